The second-order valence-electron chi connectivity index (χ2n) is 3.45. The average molecular weight is 238 g/mol. The summed E-state index contributed by atoms with van der Waals surface area (Å²) in [5.41, 5.74) is 0.598. The van der Waals surface area contributed by atoms with Crippen LogP contribution in [0.5, 0.6) is 5.75 Å². The molecule has 0 aliphatic heterocycles. The molecule has 0 aromatic heterocycles. The molecule has 5 heteroatoms. The van der Waals surface area contributed by atoms with E-state index in [9.17, 15) is 9.59 Å². The van der Waals surface area contributed by atoms with Crippen molar-refractivity contribution in [2.45, 2.75) is 19.8 Å². The van der Waals surface area contributed by atoms with E-state index in [4.69, 9.17) is 14.9 Å². The first-order valence-corrected chi connectivity index (χ1v) is 5.25. The maximum absolute atomic E-state index is 11.0. The number of ether oxygens (including phenoxy) is 1. The zero-order valence-electron chi connectivity index (χ0n) is 9.47. The minimum Gasteiger partial charge on any atom is -0.494 e. The number of hydrogen-bond acceptors (Lipinski definition) is 3. The molecule has 0 heterocycles. The number of rotatable bonds is 6. The molecule has 92 valence electrons. The lowest BCUT2D eigenvalue weighted by molar-refractivity contribution is -0.136. The maximum Gasteiger partial charge on any atom is 0.336 e. The normalized spacial score (nSPS) is 9.94. The number of aromatic carboxylic acids is 1. The lowest BCUT2D eigenvalue weighted by atomic mass is 10.0. The fourth-order valence-corrected chi connectivity index (χ4v) is 1.47. The summed E-state index contributed by atoms with van der Waals surface area (Å²) in [6.45, 7) is 2.26. The highest BCUT2D eigenvalue weighted by atomic mass is 16.5. The Labute approximate surface area is 98.6 Å². The van der Waals surface area contributed by atoms with Crippen molar-refractivity contribution in [3.8, 4) is 5.75 Å². The Hall–Kier alpha value is -2.04. The van der Waals surface area contributed by atoms with Gasteiger partial charge in [0.2, 0.25) is 0 Å². The first-order chi connectivity index (χ1) is 8.04. The number of hydrogen-bond donors (Lipinski definition) is 2. The Morgan fingerprint density at radius 2 is 2.00 bits per heavy atom. The topological polar surface area (TPSA) is 83.8 Å². The number of aliphatic carboxylic acids is 1. The molecule has 1 aromatic carbocycles. The summed E-state index contributed by atoms with van der Waals surface area (Å²) in [7, 11) is 0. The Morgan fingerprint density at radius 1 is 1.29 bits per heavy atom. The molecule has 0 unspecified atom stereocenters. The van der Waals surface area contributed by atoms with Gasteiger partial charge in [-0.05, 0) is 31.0 Å². The average Bonchev–Trinajstić information content (AvgIpc) is 2.27. The van der Waals surface area contributed by atoms with E-state index >= 15 is 0 Å². The first-order valence-electron chi connectivity index (χ1n) is 5.25. The lowest BCUT2D eigenvalue weighted by Crippen LogP contribution is -2.06. The highest BCUT2D eigenvalue weighted by Gasteiger charge is 2.12. The molecule has 0 spiro atoms. The molecule has 17 heavy (non-hydrogen) atoms. The molecule has 1 rings (SSSR count). The zero-order valence-corrected chi connectivity index (χ0v) is 9.47. The van der Waals surface area contributed by atoms with Gasteiger partial charge in [-0.25, -0.2) is 4.79 Å². The fraction of sp³-hybridized carbons (Fsp3) is 0.333. The van der Waals surface area contributed by atoms with Crippen LogP contribution < -0.4 is 4.74 Å². The summed E-state index contributed by atoms with van der Waals surface area (Å²) in [6, 6.07) is 4.66. The number of carboxylic acids is 2. The van der Waals surface area contributed by atoms with Crippen molar-refractivity contribution in [2.75, 3.05) is 6.61 Å². The molecule has 2 N–H and O–H groups in total. The predicted molar refractivity (Wildman–Crippen MR) is 60.5 cm³/mol. The van der Waals surface area contributed by atoms with E-state index in [0.29, 0.717) is 17.9 Å². The van der Waals surface area contributed by atoms with Crippen molar-refractivity contribution in [2.24, 2.45) is 0 Å². The summed E-state index contributed by atoms with van der Waals surface area (Å²) in [6.07, 6.45) is 0.109. The molecule has 0 atom stereocenters. The van der Waals surface area contributed by atoms with Crippen LogP contribution >= 0.6 is 0 Å². The Kier molecular flexibility index (Phi) is 4.51. The highest BCUT2D eigenvalue weighted by Crippen LogP contribution is 2.19. The van der Waals surface area contributed by atoms with E-state index in [1.165, 1.54) is 6.07 Å². The van der Waals surface area contributed by atoms with E-state index in [0.717, 1.165) is 0 Å². The minimum atomic E-state index is -1.08. The van der Waals surface area contributed by atoms with Crippen molar-refractivity contribution < 1.29 is 24.5 Å². The van der Waals surface area contributed by atoms with Crippen LogP contribution in [0.25, 0.3) is 0 Å². The number of carboxylic acid groups (broad SMARTS) is 2. The van der Waals surface area contributed by atoms with Gasteiger partial charge in [-0.3, -0.25) is 4.79 Å². The van der Waals surface area contributed by atoms with E-state index in [-0.39, 0.29) is 18.4 Å². The molecule has 0 saturated heterocycles. The van der Waals surface area contributed by atoms with Crippen molar-refractivity contribution in [1.82, 2.24) is 0 Å². The monoisotopic (exact) mass is 238 g/mol. The summed E-state index contributed by atoms with van der Waals surface area (Å²) < 4.78 is 5.20. The van der Waals surface area contributed by atoms with Crippen LogP contribution in [0.4, 0.5) is 0 Å². The molecule has 0 bridgehead atoms. The van der Waals surface area contributed by atoms with Crippen molar-refractivity contribution >= 4 is 11.9 Å². The van der Waals surface area contributed by atoms with Gasteiger partial charge in [-0.1, -0.05) is 6.07 Å². The van der Waals surface area contributed by atoms with Crippen molar-refractivity contribution in [3.63, 3.8) is 0 Å². The first kappa shape index (κ1) is 13.0. The van der Waals surface area contributed by atoms with E-state index < -0.39 is 11.9 Å². The summed E-state index contributed by atoms with van der Waals surface area (Å²) >= 11 is 0. The summed E-state index contributed by atoms with van der Waals surface area (Å²) in [5, 5.41) is 17.6. The minimum absolute atomic E-state index is 0.0890. The maximum atomic E-state index is 11.0. The molecule has 0 radical (unpaired) electrons. The number of benzene rings is 1. The lowest BCUT2D eigenvalue weighted by Gasteiger charge is -2.08. The fourth-order valence-electron chi connectivity index (χ4n) is 1.47. The molecule has 0 amide bonds. The van der Waals surface area contributed by atoms with Gasteiger partial charge < -0.3 is 14.9 Å². The molecular formula is C12H14O5. The third kappa shape index (κ3) is 3.79. The Morgan fingerprint density at radius 3 is 2.53 bits per heavy atom. The number of carbonyl (C=O) groups is 2. The smallest absolute Gasteiger partial charge is 0.336 e. The van der Waals surface area contributed by atoms with Crippen molar-refractivity contribution in [3.05, 3.63) is 29.3 Å². The standard InChI is InChI=1S/C12H14O5/c1-2-17-9-5-3-8(4-6-11(13)14)10(7-9)12(15)16/h3,5,7H,2,4,6H2,1H3,(H,13,14)(H,15,16). The molecule has 5 nitrogen and oxygen atoms in total. The van der Waals surface area contributed by atoms with E-state index in [2.05, 4.69) is 0 Å². The predicted octanol–water partition coefficient (Wildman–Crippen LogP) is 1.80. The van der Waals surface area contributed by atoms with Crippen molar-refractivity contribution in [1.29, 1.82) is 0 Å². The Bertz CT molecular complexity index is 425. The van der Waals surface area contributed by atoms with Crippen LogP contribution in [0.1, 0.15) is 29.3 Å². The van der Waals surface area contributed by atoms with E-state index in [1.54, 1.807) is 19.1 Å². The number of aryl methyl sites for hydroxylation is 1. The van der Waals surface area contributed by atoms with Crippen LogP contribution in [0.15, 0.2) is 18.2 Å². The SMILES string of the molecule is CCOc1ccc(CCC(=O)O)c(C(=O)O)c1. The van der Waals surface area contributed by atoms with Crippen LogP contribution in [-0.4, -0.2) is 28.8 Å². The van der Waals surface area contributed by atoms with Gasteiger partial charge in [0.1, 0.15) is 5.75 Å². The van der Waals surface area contributed by atoms with Gasteiger partial charge in [-0.2, -0.15) is 0 Å². The largest absolute Gasteiger partial charge is 0.494 e. The second-order valence-corrected chi connectivity index (χ2v) is 3.45. The molecule has 0 aliphatic rings. The second kappa shape index (κ2) is 5.89. The van der Waals surface area contributed by atoms with Crippen LogP contribution in [0, 0.1) is 0 Å². The quantitative estimate of drug-likeness (QED) is 0.789. The third-order valence-electron chi connectivity index (χ3n) is 2.23. The molecule has 0 aliphatic carbocycles. The van der Waals surface area contributed by atoms with Gasteiger partial charge >= 0.3 is 11.9 Å². The molecule has 0 fully saturated rings. The van der Waals surface area contributed by atoms with Crippen LogP contribution in [-0.2, 0) is 11.2 Å². The van der Waals surface area contributed by atoms with Gasteiger partial charge in [0.25, 0.3) is 0 Å². The van der Waals surface area contributed by atoms with Gasteiger partial charge in [-0.15, -0.1) is 0 Å². The van der Waals surface area contributed by atoms with Gasteiger partial charge in [0.05, 0.1) is 12.2 Å². The molecular weight excluding hydrogens is 224 g/mol. The van der Waals surface area contributed by atoms with Crippen LogP contribution in [0.3, 0.4) is 0 Å². The third-order valence-corrected chi connectivity index (χ3v) is 2.23. The highest BCUT2D eigenvalue weighted by molar-refractivity contribution is 5.90. The van der Waals surface area contributed by atoms with E-state index in [1.807, 2.05) is 0 Å². The van der Waals surface area contributed by atoms with Crippen LogP contribution in [0.2, 0.25) is 0 Å². The molecule has 0 saturated carbocycles. The summed E-state index contributed by atoms with van der Waals surface area (Å²) in [5.74, 6) is -1.55. The molecule has 1 aromatic rings. The summed E-state index contributed by atoms with van der Waals surface area (Å²) in [4.78, 5) is 21.5. The van der Waals surface area contributed by atoms with Gasteiger partial charge in [0.15, 0.2) is 0 Å². The zero-order chi connectivity index (χ0) is 12.8. The van der Waals surface area contributed by atoms with Gasteiger partial charge in [0, 0.05) is 6.42 Å². The Balaban J connectivity index is 2.95.